The minimum absolute atomic E-state index is 0.00333. The maximum absolute atomic E-state index is 12.0. The number of rotatable bonds is 12. The van der Waals surface area contributed by atoms with Gasteiger partial charge in [0, 0.05) is 49.7 Å². The van der Waals surface area contributed by atoms with E-state index in [0.29, 0.717) is 35.5 Å². The van der Waals surface area contributed by atoms with Gasteiger partial charge in [0.15, 0.2) is 0 Å². The Balaban J connectivity index is 1.02. The normalized spacial score (nSPS) is 26.4. The molecule has 42 heavy (non-hydrogen) atoms. The molecule has 2 aromatic carbocycles. The summed E-state index contributed by atoms with van der Waals surface area (Å²) >= 11 is 0. The number of nitrogens with one attached hydrogen (secondary N) is 2. The largest absolute Gasteiger partial charge is 0.506 e. The smallest absolute Gasteiger partial charge is 0.248 e. The highest BCUT2D eigenvalue weighted by Crippen LogP contribution is 2.42. The molecule has 0 radical (unpaired) electrons. The van der Waals surface area contributed by atoms with Gasteiger partial charge >= 0.3 is 0 Å². The van der Waals surface area contributed by atoms with Crippen LogP contribution in [0.2, 0.25) is 0 Å². The van der Waals surface area contributed by atoms with Crippen LogP contribution < -0.4 is 10.9 Å². The summed E-state index contributed by atoms with van der Waals surface area (Å²) in [6.07, 6.45) is 7.29. The number of piperidine rings is 3. The van der Waals surface area contributed by atoms with E-state index in [9.17, 15) is 20.1 Å². The highest BCUT2D eigenvalue weighted by Gasteiger charge is 2.48. The Labute approximate surface area is 247 Å². The Morgan fingerprint density at radius 1 is 1.02 bits per heavy atom. The number of fused-ring (bicyclic) bond motifs is 4. The molecule has 2 bridgehead atoms. The Kier molecular flexibility index (Phi) is 8.70. The lowest BCUT2D eigenvalue weighted by Gasteiger charge is -2.53. The number of aliphatic hydroxyl groups is 2. The van der Waals surface area contributed by atoms with Crippen LogP contribution in [0.1, 0.15) is 62.2 Å². The maximum Gasteiger partial charge on any atom is 0.248 e. The number of hydrogen-bond donors (Lipinski definition) is 5. The van der Waals surface area contributed by atoms with E-state index >= 15 is 0 Å². The summed E-state index contributed by atoms with van der Waals surface area (Å²) < 4.78 is 7.76. The SMILES string of the molecule is O=c1ccc2c([C@@H](O)CNCCC[N+]34CCC(CC3)[C@@H](OC[C@@](O)(c3ccccc3)C3CCCC3)C4)ccc(O)c2[nH]1. The van der Waals surface area contributed by atoms with Crippen LogP contribution in [0.4, 0.5) is 0 Å². The van der Waals surface area contributed by atoms with Gasteiger partial charge in [-0.2, -0.15) is 0 Å². The first kappa shape index (κ1) is 29.3. The zero-order chi connectivity index (χ0) is 29.2. The number of ether oxygens (including phenoxy) is 1. The molecule has 8 nitrogen and oxygen atoms in total. The van der Waals surface area contributed by atoms with Crippen LogP contribution in [-0.4, -0.2) is 76.8 Å². The van der Waals surface area contributed by atoms with Gasteiger partial charge in [0.2, 0.25) is 5.56 Å². The Morgan fingerprint density at radius 3 is 2.55 bits per heavy atom. The van der Waals surface area contributed by atoms with E-state index < -0.39 is 11.7 Å². The first-order valence-corrected chi connectivity index (χ1v) is 15.9. The molecule has 3 saturated heterocycles. The average molecular weight is 577 g/mol. The molecular formula is C34H46N3O5+. The van der Waals surface area contributed by atoms with Crippen LogP contribution in [0.15, 0.2) is 59.4 Å². The van der Waals surface area contributed by atoms with Crippen molar-refractivity contribution in [3.8, 4) is 5.75 Å². The molecule has 4 fully saturated rings. The van der Waals surface area contributed by atoms with E-state index in [4.69, 9.17) is 4.74 Å². The predicted octanol–water partition coefficient (Wildman–Crippen LogP) is 3.95. The molecule has 1 saturated carbocycles. The molecular weight excluding hydrogens is 530 g/mol. The number of quaternary nitrogens is 1. The molecule has 3 aliphatic heterocycles. The number of aromatic amines is 1. The highest BCUT2D eigenvalue weighted by atomic mass is 16.5. The second-order valence-corrected chi connectivity index (χ2v) is 13.0. The number of nitrogens with zero attached hydrogens (tertiary/aromatic N) is 1. The lowest BCUT2D eigenvalue weighted by molar-refractivity contribution is -0.946. The van der Waals surface area contributed by atoms with E-state index in [1.54, 1.807) is 12.1 Å². The van der Waals surface area contributed by atoms with Gasteiger partial charge in [0.25, 0.3) is 0 Å². The molecule has 1 aromatic heterocycles. The quantitative estimate of drug-likeness (QED) is 0.165. The summed E-state index contributed by atoms with van der Waals surface area (Å²) in [6.45, 7) is 6.04. The number of pyridine rings is 1. The Bertz CT molecular complexity index is 1400. The molecule has 4 aliphatic rings. The number of aromatic hydroxyl groups is 1. The van der Waals surface area contributed by atoms with Crippen molar-refractivity contribution in [3.63, 3.8) is 0 Å². The Morgan fingerprint density at radius 2 is 1.79 bits per heavy atom. The van der Waals surface area contributed by atoms with Crippen LogP contribution >= 0.6 is 0 Å². The summed E-state index contributed by atoms with van der Waals surface area (Å²) in [5.41, 5.74) is 0.816. The van der Waals surface area contributed by atoms with Crippen molar-refractivity contribution in [2.24, 2.45) is 11.8 Å². The van der Waals surface area contributed by atoms with Gasteiger partial charge < -0.3 is 34.8 Å². The Hall–Kier alpha value is -2.75. The fourth-order valence-corrected chi connectivity index (χ4v) is 7.96. The van der Waals surface area contributed by atoms with E-state index in [1.807, 2.05) is 18.2 Å². The molecule has 8 heteroatoms. The predicted molar refractivity (Wildman–Crippen MR) is 163 cm³/mol. The summed E-state index contributed by atoms with van der Waals surface area (Å²) in [4.78, 5) is 14.4. The van der Waals surface area contributed by atoms with Gasteiger partial charge in [0.1, 0.15) is 24.0 Å². The van der Waals surface area contributed by atoms with Gasteiger partial charge in [-0.15, -0.1) is 0 Å². The molecule has 4 heterocycles. The van der Waals surface area contributed by atoms with Gasteiger partial charge in [-0.25, -0.2) is 0 Å². The number of phenols is 1. The van der Waals surface area contributed by atoms with Crippen LogP contribution in [-0.2, 0) is 10.3 Å². The molecule has 0 unspecified atom stereocenters. The number of benzene rings is 2. The van der Waals surface area contributed by atoms with E-state index in [1.165, 1.54) is 50.9 Å². The molecule has 5 N–H and O–H groups in total. The van der Waals surface area contributed by atoms with E-state index in [2.05, 4.69) is 22.4 Å². The monoisotopic (exact) mass is 576 g/mol. The zero-order valence-electron chi connectivity index (χ0n) is 24.5. The van der Waals surface area contributed by atoms with Crippen LogP contribution in [0.3, 0.4) is 0 Å². The zero-order valence-corrected chi connectivity index (χ0v) is 24.5. The lowest BCUT2D eigenvalue weighted by atomic mass is 9.80. The number of hydrogen-bond acceptors (Lipinski definition) is 6. The average Bonchev–Trinajstić information content (AvgIpc) is 3.57. The van der Waals surface area contributed by atoms with Gasteiger partial charge in [-0.05, 0) is 42.0 Å². The third-order valence-corrected chi connectivity index (χ3v) is 10.5. The fraction of sp³-hybridized carbons (Fsp3) is 0.559. The molecule has 3 atom stereocenters. The minimum Gasteiger partial charge on any atom is -0.506 e. The number of aliphatic hydroxyl groups excluding tert-OH is 1. The standard InChI is InChI=1S/C34H45N3O5/c38-29-13-11-27(28-12-14-32(40)36-33(28)29)30(39)21-35-17-6-18-37-19-15-24(16-20-37)31(22-37)42-23-34(41,26-9-4-5-10-26)25-7-2-1-3-8-25/h1-3,7-8,11-14,24,26,30-31,35,39,41H,4-6,9-10,15-23H2,(H-,36,38,40)/p+1/t24?,30-,31-,34+,37?/m0/s1. The summed E-state index contributed by atoms with van der Waals surface area (Å²) in [5, 5.41) is 37.0. The van der Waals surface area contributed by atoms with E-state index in [-0.39, 0.29) is 23.3 Å². The molecule has 7 rings (SSSR count). The molecule has 0 spiro atoms. The second kappa shape index (κ2) is 12.5. The number of phenolic OH excluding ortho intramolecular Hbond substituents is 1. The summed E-state index contributed by atoms with van der Waals surface area (Å²) in [7, 11) is 0. The molecule has 226 valence electrons. The molecule has 3 aromatic rings. The third kappa shape index (κ3) is 6.01. The highest BCUT2D eigenvalue weighted by molar-refractivity contribution is 5.87. The molecule has 1 aliphatic carbocycles. The van der Waals surface area contributed by atoms with E-state index in [0.717, 1.165) is 48.9 Å². The van der Waals surface area contributed by atoms with Gasteiger partial charge in [0.05, 0.1) is 37.9 Å². The van der Waals surface area contributed by atoms with Crippen molar-refractivity contribution in [2.75, 3.05) is 45.9 Å². The number of aromatic nitrogens is 1. The van der Waals surface area contributed by atoms with Crippen molar-refractivity contribution in [2.45, 2.75) is 62.8 Å². The van der Waals surface area contributed by atoms with Crippen LogP contribution in [0.5, 0.6) is 5.75 Å². The van der Waals surface area contributed by atoms with Crippen LogP contribution in [0.25, 0.3) is 10.9 Å². The van der Waals surface area contributed by atoms with Gasteiger partial charge in [-0.3, -0.25) is 4.79 Å². The van der Waals surface area contributed by atoms with Crippen molar-refractivity contribution < 1.29 is 24.5 Å². The fourth-order valence-electron chi connectivity index (χ4n) is 7.96. The van der Waals surface area contributed by atoms with Crippen molar-refractivity contribution in [1.29, 1.82) is 0 Å². The second-order valence-electron chi connectivity index (χ2n) is 13.0. The first-order valence-electron chi connectivity index (χ1n) is 15.9. The first-order chi connectivity index (χ1) is 20.4. The van der Waals surface area contributed by atoms with Crippen LogP contribution in [0, 0.1) is 11.8 Å². The molecule has 0 amide bonds. The minimum atomic E-state index is -0.919. The third-order valence-electron chi connectivity index (χ3n) is 10.5. The topological polar surface area (TPSA) is 115 Å². The van der Waals surface area contributed by atoms with Crippen molar-refractivity contribution >= 4 is 10.9 Å². The maximum atomic E-state index is 12.0. The summed E-state index contributed by atoms with van der Waals surface area (Å²) in [6, 6.07) is 16.4. The van der Waals surface area contributed by atoms with Crippen molar-refractivity contribution in [3.05, 3.63) is 76.1 Å². The summed E-state index contributed by atoms with van der Waals surface area (Å²) in [5.74, 6) is 0.834. The number of H-pyrrole nitrogens is 1. The van der Waals surface area contributed by atoms with Gasteiger partial charge in [-0.1, -0.05) is 49.2 Å². The van der Waals surface area contributed by atoms with Crippen molar-refractivity contribution in [1.82, 2.24) is 10.3 Å². The lowest BCUT2D eigenvalue weighted by Crippen LogP contribution is -2.65.